The topological polar surface area (TPSA) is 44.8 Å². The van der Waals surface area contributed by atoms with Gasteiger partial charge in [0.05, 0.1) is 6.04 Å². The van der Waals surface area contributed by atoms with Crippen LogP contribution in [0.2, 0.25) is 0 Å². The van der Waals surface area contributed by atoms with Gasteiger partial charge in [0.2, 0.25) is 0 Å². The number of alkyl halides is 3. The van der Waals surface area contributed by atoms with Gasteiger partial charge in [-0.3, -0.25) is 4.90 Å². The molecule has 0 bridgehead atoms. The predicted molar refractivity (Wildman–Crippen MR) is 72.3 cm³/mol. The van der Waals surface area contributed by atoms with Crippen LogP contribution in [-0.4, -0.2) is 54.4 Å². The molecule has 120 valence electrons. The Hall–Kier alpha value is -1.96. The Morgan fingerprint density at radius 1 is 1.23 bits per heavy atom. The van der Waals surface area contributed by atoms with E-state index in [4.69, 9.17) is 0 Å². The number of urea groups is 1. The van der Waals surface area contributed by atoms with E-state index in [2.05, 4.69) is 15.0 Å². The van der Waals surface area contributed by atoms with E-state index in [1.165, 1.54) is 12.1 Å². The van der Waals surface area contributed by atoms with E-state index in [1.807, 2.05) is 4.90 Å². The van der Waals surface area contributed by atoms with Crippen LogP contribution in [0.3, 0.4) is 0 Å². The normalized spacial score (nSPS) is 22.4. The van der Waals surface area contributed by atoms with Gasteiger partial charge in [0.1, 0.15) is 5.75 Å². The van der Waals surface area contributed by atoms with Crippen molar-refractivity contribution in [3.63, 3.8) is 0 Å². The van der Waals surface area contributed by atoms with Crippen molar-refractivity contribution in [1.29, 1.82) is 0 Å². The highest BCUT2D eigenvalue weighted by atomic mass is 19.4. The zero-order valence-electron chi connectivity index (χ0n) is 11.8. The van der Waals surface area contributed by atoms with E-state index < -0.39 is 6.36 Å². The zero-order chi connectivity index (χ0) is 15.7. The molecule has 2 fully saturated rings. The van der Waals surface area contributed by atoms with Crippen LogP contribution < -0.4 is 10.1 Å². The molecule has 0 radical (unpaired) electrons. The molecule has 0 unspecified atom stereocenters. The van der Waals surface area contributed by atoms with Crippen LogP contribution in [0.5, 0.6) is 5.75 Å². The van der Waals surface area contributed by atoms with E-state index in [0.717, 1.165) is 18.7 Å². The first-order valence-electron chi connectivity index (χ1n) is 7.02. The van der Waals surface area contributed by atoms with Gasteiger partial charge in [-0.25, -0.2) is 4.79 Å². The first kappa shape index (κ1) is 15.0. The number of carbonyl (C=O) groups excluding carboxylic acids is 1. The summed E-state index contributed by atoms with van der Waals surface area (Å²) in [6, 6.07) is 6.06. The van der Waals surface area contributed by atoms with Crippen molar-refractivity contribution in [1.82, 2.24) is 15.1 Å². The quantitative estimate of drug-likeness (QED) is 0.925. The molecule has 2 heterocycles. The summed E-state index contributed by atoms with van der Waals surface area (Å²) in [7, 11) is 0. The lowest BCUT2D eigenvalue weighted by atomic mass is 10.1. The summed E-state index contributed by atoms with van der Waals surface area (Å²) in [4.78, 5) is 15.5. The van der Waals surface area contributed by atoms with Crippen molar-refractivity contribution >= 4 is 6.03 Å². The summed E-state index contributed by atoms with van der Waals surface area (Å²) < 4.78 is 40.2. The highest BCUT2D eigenvalue weighted by Crippen LogP contribution is 2.23. The minimum absolute atomic E-state index is 0.0155. The second-order valence-electron chi connectivity index (χ2n) is 5.46. The monoisotopic (exact) mass is 315 g/mol. The standard InChI is InChI=1S/C14H16F3N3O2/c15-14(16,17)22-12-3-1-10(2-4-12)8-19-5-6-20-11(9-19)7-18-13(20)21/h1-4,11H,5-9H2,(H,18,21)/t11-/m0/s1. The average Bonchev–Trinajstić information content (AvgIpc) is 2.81. The van der Waals surface area contributed by atoms with Crippen LogP contribution in [0.15, 0.2) is 24.3 Å². The van der Waals surface area contributed by atoms with Crippen LogP contribution in [-0.2, 0) is 6.54 Å². The van der Waals surface area contributed by atoms with Gasteiger partial charge in [-0.2, -0.15) is 0 Å². The van der Waals surface area contributed by atoms with Gasteiger partial charge in [0, 0.05) is 32.7 Å². The maximum atomic E-state index is 12.1. The van der Waals surface area contributed by atoms with E-state index in [1.54, 1.807) is 12.1 Å². The van der Waals surface area contributed by atoms with Crippen molar-refractivity contribution < 1.29 is 22.7 Å². The summed E-state index contributed by atoms with van der Waals surface area (Å²) in [6.45, 7) is 3.48. The van der Waals surface area contributed by atoms with Gasteiger partial charge in [-0.1, -0.05) is 12.1 Å². The van der Waals surface area contributed by atoms with Crippen LogP contribution in [0, 0.1) is 0 Å². The maximum absolute atomic E-state index is 12.1. The number of amides is 2. The highest BCUT2D eigenvalue weighted by Gasteiger charge is 2.35. The number of hydrogen-bond donors (Lipinski definition) is 1. The molecule has 22 heavy (non-hydrogen) atoms. The third-order valence-electron chi connectivity index (χ3n) is 3.88. The number of rotatable bonds is 3. The fourth-order valence-electron chi connectivity index (χ4n) is 2.87. The first-order valence-corrected chi connectivity index (χ1v) is 7.02. The molecular weight excluding hydrogens is 299 g/mol. The second-order valence-corrected chi connectivity index (χ2v) is 5.46. The Bertz CT molecular complexity index is 547. The van der Waals surface area contributed by atoms with Crippen LogP contribution in [0.4, 0.5) is 18.0 Å². The fourth-order valence-corrected chi connectivity index (χ4v) is 2.87. The molecular formula is C14H16F3N3O2. The predicted octanol–water partition coefficient (Wildman–Crippen LogP) is 1.79. The highest BCUT2D eigenvalue weighted by molar-refractivity contribution is 5.77. The van der Waals surface area contributed by atoms with Crippen molar-refractivity contribution in [2.45, 2.75) is 18.9 Å². The Labute approximate surface area is 125 Å². The molecule has 2 saturated heterocycles. The molecule has 1 N–H and O–H groups in total. The lowest BCUT2D eigenvalue weighted by Gasteiger charge is -2.36. The van der Waals surface area contributed by atoms with E-state index >= 15 is 0 Å². The van der Waals surface area contributed by atoms with Crippen molar-refractivity contribution in [3.05, 3.63) is 29.8 Å². The molecule has 5 nitrogen and oxygen atoms in total. The van der Waals surface area contributed by atoms with Crippen molar-refractivity contribution in [2.24, 2.45) is 0 Å². The number of benzene rings is 1. The van der Waals surface area contributed by atoms with Crippen molar-refractivity contribution in [3.8, 4) is 5.75 Å². The Balaban J connectivity index is 1.56. The van der Waals surface area contributed by atoms with Gasteiger partial charge in [-0.05, 0) is 17.7 Å². The Morgan fingerprint density at radius 2 is 1.95 bits per heavy atom. The minimum atomic E-state index is -4.67. The third kappa shape index (κ3) is 3.44. The molecule has 0 aromatic heterocycles. The molecule has 1 aromatic rings. The minimum Gasteiger partial charge on any atom is -0.406 e. The van der Waals surface area contributed by atoms with Crippen LogP contribution >= 0.6 is 0 Å². The molecule has 1 aromatic carbocycles. The number of hydrogen-bond acceptors (Lipinski definition) is 3. The van der Waals surface area contributed by atoms with Crippen LogP contribution in [0.25, 0.3) is 0 Å². The molecule has 2 aliphatic heterocycles. The Morgan fingerprint density at radius 3 is 2.64 bits per heavy atom. The van der Waals surface area contributed by atoms with Gasteiger partial charge in [-0.15, -0.1) is 13.2 Å². The number of fused-ring (bicyclic) bond motifs is 1. The number of nitrogens with zero attached hydrogens (tertiary/aromatic N) is 2. The van der Waals surface area contributed by atoms with Gasteiger partial charge in [0.25, 0.3) is 0 Å². The maximum Gasteiger partial charge on any atom is 0.573 e. The number of halogens is 3. The molecule has 1 atom stereocenters. The van der Waals surface area contributed by atoms with E-state index in [0.29, 0.717) is 19.6 Å². The molecule has 2 amide bonds. The number of carbonyl (C=O) groups is 1. The summed E-state index contributed by atoms with van der Waals surface area (Å²) in [5.74, 6) is -0.216. The lowest BCUT2D eigenvalue weighted by Crippen LogP contribution is -2.51. The largest absolute Gasteiger partial charge is 0.573 e. The van der Waals surface area contributed by atoms with Crippen molar-refractivity contribution in [2.75, 3.05) is 26.2 Å². The molecule has 8 heteroatoms. The van der Waals surface area contributed by atoms with Crippen LogP contribution in [0.1, 0.15) is 5.56 Å². The second kappa shape index (κ2) is 5.68. The summed E-state index contributed by atoms with van der Waals surface area (Å²) in [6.07, 6.45) is -4.67. The Kier molecular flexibility index (Phi) is 3.86. The molecule has 2 aliphatic rings. The first-order chi connectivity index (χ1) is 10.4. The molecule has 0 aliphatic carbocycles. The number of nitrogens with one attached hydrogen (secondary N) is 1. The average molecular weight is 315 g/mol. The molecule has 3 rings (SSSR count). The summed E-state index contributed by atoms with van der Waals surface area (Å²) in [5, 5.41) is 2.81. The fraction of sp³-hybridized carbons (Fsp3) is 0.500. The zero-order valence-corrected chi connectivity index (χ0v) is 11.8. The van der Waals surface area contributed by atoms with Gasteiger partial charge in [0.15, 0.2) is 0 Å². The third-order valence-corrected chi connectivity index (χ3v) is 3.88. The SMILES string of the molecule is O=C1NC[C@H]2CN(Cc3ccc(OC(F)(F)F)cc3)CCN12. The lowest BCUT2D eigenvalue weighted by molar-refractivity contribution is -0.274. The van der Waals surface area contributed by atoms with Gasteiger partial charge < -0.3 is 15.0 Å². The summed E-state index contributed by atoms with van der Waals surface area (Å²) in [5.41, 5.74) is 0.917. The van der Waals surface area contributed by atoms with Gasteiger partial charge >= 0.3 is 12.4 Å². The number of piperazine rings is 1. The number of ether oxygens (including phenoxy) is 1. The molecule has 0 spiro atoms. The van der Waals surface area contributed by atoms with E-state index in [-0.39, 0.29) is 17.8 Å². The smallest absolute Gasteiger partial charge is 0.406 e. The molecule has 0 saturated carbocycles. The summed E-state index contributed by atoms with van der Waals surface area (Å²) >= 11 is 0. The van der Waals surface area contributed by atoms with E-state index in [9.17, 15) is 18.0 Å².